The van der Waals surface area contributed by atoms with Gasteiger partial charge in [0.15, 0.2) is 5.16 Å². The monoisotopic (exact) mass is 292 g/mol. The molecule has 2 rings (SSSR count). The van der Waals surface area contributed by atoms with Crippen molar-refractivity contribution in [2.24, 2.45) is 5.84 Å². The number of rotatable bonds is 7. The molecule has 2 aromatic rings. The van der Waals surface area contributed by atoms with Gasteiger partial charge in [-0.1, -0.05) is 30.0 Å². The van der Waals surface area contributed by atoms with E-state index < -0.39 is 0 Å². The third kappa shape index (κ3) is 4.29. The second kappa shape index (κ2) is 7.56. The highest BCUT2D eigenvalue weighted by atomic mass is 32.2. The van der Waals surface area contributed by atoms with Crippen LogP contribution in [-0.4, -0.2) is 29.4 Å². The minimum Gasteiger partial charge on any atom is -0.490 e. The van der Waals surface area contributed by atoms with Crippen molar-refractivity contribution in [3.63, 3.8) is 0 Å². The van der Waals surface area contributed by atoms with E-state index in [1.165, 1.54) is 11.8 Å². The zero-order valence-corrected chi connectivity index (χ0v) is 11.9. The van der Waals surface area contributed by atoms with Gasteiger partial charge in [-0.05, 0) is 18.4 Å². The predicted molar refractivity (Wildman–Crippen MR) is 79.1 cm³/mol. The van der Waals surface area contributed by atoms with Gasteiger partial charge in [-0.15, -0.1) is 0 Å². The SMILES string of the molecule is CSc1nc(NN)cc(OCCOc2ccccc2)n1. The third-order valence-electron chi connectivity index (χ3n) is 2.36. The molecule has 3 N–H and O–H groups in total. The molecule has 7 heteroatoms. The second-order valence-electron chi connectivity index (χ2n) is 3.73. The van der Waals surface area contributed by atoms with Gasteiger partial charge >= 0.3 is 0 Å². The van der Waals surface area contributed by atoms with Gasteiger partial charge in [0.25, 0.3) is 0 Å². The van der Waals surface area contributed by atoms with E-state index in [-0.39, 0.29) is 0 Å². The van der Waals surface area contributed by atoms with Crippen molar-refractivity contribution in [2.75, 3.05) is 24.9 Å². The van der Waals surface area contributed by atoms with Gasteiger partial charge in [0, 0.05) is 6.07 Å². The Labute approximate surface area is 121 Å². The van der Waals surface area contributed by atoms with Gasteiger partial charge in [0.1, 0.15) is 24.8 Å². The van der Waals surface area contributed by atoms with E-state index in [4.69, 9.17) is 15.3 Å². The molecule has 106 valence electrons. The second-order valence-corrected chi connectivity index (χ2v) is 4.51. The average Bonchev–Trinajstić information content (AvgIpc) is 2.52. The Bertz CT molecular complexity index is 517. The molecule has 0 radical (unpaired) electrons. The molecule has 0 fully saturated rings. The lowest BCUT2D eigenvalue weighted by Crippen LogP contribution is -2.12. The van der Waals surface area contributed by atoms with Crippen molar-refractivity contribution < 1.29 is 9.47 Å². The fourth-order valence-corrected chi connectivity index (χ4v) is 1.84. The first-order valence-electron chi connectivity index (χ1n) is 6.02. The fraction of sp³-hybridized carbons (Fsp3) is 0.231. The molecule has 0 amide bonds. The number of anilines is 1. The highest BCUT2D eigenvalue weighted by Crippen LogP contribution is 2.18. The molecule has 6 nitrogen and oxygen atoms in total. The molecule has 20 heavy (non-hydrogen) atoms. The summed E-state index contributed by atoms with van der Waals surface area (Å²) in [5, 5.41) is 0.597. The first kappa shape index (κ1) is 14.4. The summed E-state index contributed by atoms with van der Waals surface area (Å²) in [5.41, 5.74) is 2.48. The number of para-hydroxylation sites is 1. The van der Waals surface area contributed by atoms with Gasteiger partial charge in [0.2, 0.25) is 5.88 Å². The fourth-order valence-electron chi connectivity index (χ4n) is 1.47. The normalized spacial score (nSPS) is 10.1. The summed E-state index contributed by atoms with van der Waals surface area (Å²) in [4.78, 5) is 8.37. The van der Waals surface area contributed by atoms with Gasteiger partial charge in [-0.25, -0.2) is 10.8 Å². The molecule has 0 unspecified atom stereocenters. The predicted octanol–water partition coefficient (Wildman–Crippen LogP) is 1.94. The minimum atomic E-state index is 0.393. The summed E-state index contributed by atoms with van der Waals surface area (Å²) in [5.74, 6) is 7.14. The molecule has 1 aromatic heterocycles. The first-order valence-corrected chi connectivity index (χ1v) is 7.24. The number of hydrogen-bond acceptors (Lipinski definition) is 7. The van der Waals surface area contributed by atoms with Crippen LogP contribution < -0.4 is 20.7 Å². The van der Waals surface area contributed by atoms with Crippen LogP contribution in [0.1, 0.15) is 0 Å². The maximum absolute atomic E-state index is 5.53. The van der Waals surface area contributed by atoms with Crippen LogP contribution in [0.4, 0.5) is 5.82 Å². The van der Waals surface area contributed by atoms with Crippen LogP contribution in [0.2, 0.25) is 0 Å². The lowest BCUT2D eigenvalue weighted by molar-refractivity contribution is 0.211. The van der Waals surface area contributed by atoms with Gasteiger partial charge < -0.3 is 14.9 Å². The summed E-state index contributed by atoms with van der Waals surface area (Å²) in [6.07, 6.45) is 1.89. The summed E-state index contributed by atoms with van der Waals surface area (Å²) in [6, 6.07) is 11.2. The molecule has 0 aliphatic rings. The van der Waals surface area contributed by atoms with E-state index in [0.29, 0.717) is 30.1 Å². The van der Waals surface area contributed by atoms with Crippen molar-refractivity contribution in [1.82, 2.24) is 9.97 Å². The Hall–Kier alpha value is -1.99. The standard InChI is InChI=1S/C13H16N4O2S/c1-20-13-15-11(17-14)9-12(16-13)19-8-7-18-10-5-3-2-4-6-10/h2-6,9H,7-8,14H2,1H3,(H,15,16,17). The Morgan fingerprint density at radius 1 is 1.15 bits per heavy atom. The molecule has 0 atom stereocenters. The molecule has 0 spiro atoms. The van der Waals surface area contributed by atoms with Crippen LogP contribution in [0.25, 0.3) is 0 Å². The topological polar surface area (TPSA) is 82.3 Å². The Kier molecular flexibility index (Phi) is 5.45. The maximum atomic E-state index is 5.53. The van der Waals surface area contributed by atoms with Crippen LogP contribution >= 0.6 is 11.8 Å². The van der Waals surface area contributed by atoms with Gasteiger partial charge in [-0.3, -0.25) is 0 Å². The smallest absolute Gasteiger partial charge is 0.219 e. The average molecular weight is 292 g/mol. The van der Waals surface area contributed by atoms with Crippen molar-refractivity contribution in [3.05, 3.63) is 36.4 Å². The number of nitrogen functional groups attached to an aromatic ring is 1. The number of nitrogens with two attached hydrogens (primary N) is 1. The molecule has 1 heterocycles. The maximum Gasteiger partial charge on any atom is 0.219 e. The third-order valence-corrected chi connectivity index (χ3v) is 2.91. The molecule has 0 aliphatic carbocycles. The number of ether oxygens (including phenoxy) is 2. The number of nitrogens with zero attached hydrogens (tertiary/aromatic N) is 2. The number of nitrogens with one attached hydrogen (secondary N) is 1. The van der Waals surface area contributed by atoms with Crippen molar-refractivity contribution in [3.8, 4) is 11.6 Å². The van der Waals surface area contributed by atoms with Crippen LogP contribution in [0.3, 0.4) is 0 Å². The lowest BCUT2D eigenvalue weighted by Gasteiger charge is -2.09. The number of hydrogen-bond donors (Lipinski definition) is 2. The zero-order chi connectivity index (χ0) is 14.2. The van der Waals surface area contributed by atoms with E-state index in [2.05, 4.69) is 15.4 Å². The summed E-state index contributed by atoms with van der Waals surface area (Å²) in [6.45, 7) is 0.831. The Morgan fingerprint density at radius 3 is 2.60 bits per heavy atom. The van der Waals surface area contributed by atoms with Crippen molar-refractivity contribution in [2.45, 2.75) is 5.16 Å². The Balaban J connectivity index is 1.84. The van der Waals surface area contributed by atoms with Crippen LogP contribution in [-0.2, 0) is 0 Å². The van der Waals surface area contributed by atoms with Crippen molar-refractivity contribution >= 4 is 17.6 Å². The highest BCUT2D eigenvalue weighted by molar-refractivity contribution is 7.98. The van der Waals surface area contributed by atoms with Crippen LogP contribution in [0, 0.1) is 0 Å². The number of aromatic nitrogens is 2. The molecule has 0 saturated heterocycles. The van der Waals surface area contributed by atoms with E-state index in [0.717, 1.165) is 5.75 Å². The first-order chi connectivity index (χ1) is 9.81. The van der Waals surface area contributed by atoms with E-state index in [1.54, 1.807) is 6.07 Å². The van der Waals surface area contributed by atoms with Crippen LogP contribution in [0.5, 0.6) is 11.6 Å². The zero-order valence-electron chi connectivity index (χ0n) is 11.1. The minimum absolute atomic E-state index is 0.393. The molecule has 1 aromatic carbocycles. The largest absolute Gasteiger partial charge is 0.490 e. The van der Waals surface area contributed by atoms with Crippen LogP contribution in [0.15, 0.2) is 41.6 Å². The molecule has 0 bridgehead atoms. The molecule has 0 aliphatic heterocycles. The number of thioether (sulfide) groups is 1. The van der Waals surface area contributed by atoms with Crippen molar-refractivity contribution in [1.29, 1.82) is 0 Å². The van der Waals surface area contributed by atoms with Gasteiger partial charge in [0.05, 0.1) is 0 Å². The summed E-state index contributed by atoms with van der Waals surface area (Å²) >= 11 is 1.42. The summed E-state index contributed by atoms with van der Waals surface area (Å²) in [7, 11) is 0. The summed E-state index contributed by atoms with van der Waals surface area (Å²) < 4.78 is 11.1. The number of benzene rings is 1. The molecule has 0 saturated carbocycles. The number of hydrazine groups is 1. The van der Waals surface area contributed by atoms with E-state index >= 15 is 0 Å². The van der Waals surface area contributed by atoms with E-state index in [9.17, 15) is 0 Å². The molecular weight excluding hydrogens is 276 g/mol. The Morgan fingerprint density at radius 2 is 1.90 bits per heavy atom. The molecular formula is C13H16N4O2S. The van der Waals surface area contributed by atoms with Gasteiger partial charge in [-0.2, -0.15) is 4.98 Å². The highest BCUT2D eigenvalue weighted by Gasteiger charge is 2.04. The quantitative estimate of drug-likeness (QED) is 0.265. The van der Waals surface area contributed by atoms with E-state index in [1.807, 2.05) is 36.6 Å². The lowest BCUT2D eigenvalue weighted by atomic mass is 10.3.